The summed E-state index contributed by atoms with van der Waals surface area (Å²) in [6, 6.07) is 10.2. The molecule has 0 spiro atoms. The number of rotatable bonds is 3. The largest absolute Gasteiger partial charge is 0.444 e. The monoisotopic (exact) mass is 356 g/mol. The first kappa shape index (κ1) is 18.5. The Morgan fingerprint density at radius 3 is 2.42 bits per heavy atom. The normalized spacial score (nSPS) is 15.9. The van der Waals surface area contributed by atoms with E-state index in [1.54, 1.807) is 4.90 Å². The molecule has 0 bridgehead atoms. The van der Waals surface area contributed by atoms with Crippen molar-refractivity contribution in [2.75, 3.05) is 13.1 Å². The van der Waals surface area contributed by atoms with Crippen molar-refractivity contribution in [1.82, 2.24) is 14.7 Å². The second kappa shape index (κ2) is 7.50. The average molecular weight is 356 g/mol. The van der Waals surface area contributed by atoms with Crippen LogP contribution in [0.4, 0.5) is 4.79 Å². The smallest absolute Gasteiger partial charge is 0.410 e. The van der Waals surface area contributed by atoms with Crippen molar-refractivity contribution in [1.29, 1.82) is 0 Å². The van der Waals surface area contributed by atoms with Crippen LogP contribution in [0.3, 0.4) is 0 Å². The predicted molar refractivity (Wildman–Crippen MR) is 101 cm³/mol. The molecule has 1 amide bonds. The highest BCUT2D eigenvalue weighted by molar-refractivity contribution is 5.68. The van der Waals surface area contributed by atoms with E-state index < -0.39 is 5.60 Å². The Morgan fingerprint density at radius 1 is 1.19 bits per heavy atom. The van der Waals surface area contributed by atoms with Gasteiger partial charge in [0.25, 0.3) is 0 Å². The van der Waals surface area contributed by atoms with E-state index in [4.69, 9.17) is 15.6 Å². The summed E-state index contributed by atoms with van der Waals surface area (Å²) in [4.78, 5) is 14.0. The van der Waals surface area contributed by atoms with E-state index in [9.17, 15) is 4.79 Å². The summed E-state index contributed by atoms with van der Waals surface area (Å²) in [5.74, 6) is 0.373. The number of piperidine rings is 1. The Bertz CT molecular complexity index is 738. The molecule has 140 valence electrons. The van der Waals surface area contributed by atoms with Crippen LogP contribution in [0.5, 0.6) is 0 Å². The molecule has 3 rings (SSSR count). The number of carbonyl (C=O) groups excluding carboxylic acids is 1. The van der Waals surface area contributed by atoms with E-state index in [1.165, 1.54) is 0 Å². The van der Waals surface area contributed by atoms with Crippen LogP contribution in [-0.4, -0.2) is 39.5 Å². The standard InChI is InChI=1S/C20H28N4O2/c1-20(2,3)26-19(25)23-11-8-16(9-12-23)18-10-13-24(22-18)17-6-4-15(14-21)5-7-17/h4-7,10,13,16H,8-9,11-12,14,21H2,1-3H3. The maximum absolute atomic E-state index is 12.2. The van der Waals surface area contributed by atoms with Gasteiger partial charge >= 0.3 is 6.09 Å². The summed E-state index contributed by atoms with van der Waals surface area (Å²) in [7, 11) is 0. The fourth-order valence-electron chi connectivity index (χ4n) is 3.17. The van der Waals surface area contributed by atoms with Crippen molar-refractivity contribution in [3.63, 3.8) is 0 Å². The number of hydrogen-bond donors (Lipinski definition) is 1. The van der Waals surface area contributed by atoms with Crippen molar-refractivity contribution in [3.05, 3.63) is 47.8 Å². The SMILES string of the molecule is CC(C)(C)OC(=O)N1CCC(c2ccn(-c3ccc(CN)cc3)n2)CC1. The molecule has 1 fully saturated rings. The molecular formula is C20H28N4O2. The van der Waals surface area contributed by atoms with Crippen LogP contribution >= 0.6 is 0 Å². The minimum atomic E-state index is -0.452. The fraction of sp³-hybridized carbons (Fsp3) is 0.500. The fourth-order valence-corrected chi connectivity index (χ4v) is 3.17. The third kappa shape index (κ3) is 4.43. The van der Waals surface area contributed by atoms with Gasteiger partial charge in [-0.05, 0) is 57.4 Å². The van der Waals surface area contributed by atoms with Gasteiger partial charge in [0.05, 0.1) is 11.4 Å². The van der Waals surface area contributed by atoms with Gasteiger partial charge in [-0.25, -0.2) is 9.48 Å². The molecule has 0 saturated carbocycles. The predicted octanol–water partition coefficient (Wildman–Crippen LogP) is 3.45. The topological polar surface area (TPSA) is 73.4 Å². The van der Waals surface area contributed by atoms with E-state index >= 15 is 0 Å². The molecule has 1 aromatic carbocycles. The number of carbonyl (C=O) groups is 1. The maximum Gasteiger partial charge on any atom is 0.410 e. The van der Waals surface area contributed by atoms with Gasteiger partial charge in [0.2, 0.25) is 0 Å². The van der Waals surface area contributed by atoms with Crippen molar-refractivity contribution < 1.29 is 9.53 Å². The lowest BCUT2D eigenvalue weighted by Crippen LogP contribution is -2.41. The number of benzene rings is 1. The molecule has 1 aromatic heterocycles. The van der Waals surface area contributed by atoms with Crippen LogP contribution < -0.4 is 5.73 Å². The van der Waals surface area contributed by atoms with E-state index in [1.807, 2.05) is 55.9 Å². The summed E-state index contributed by atoms with van der Waals surface area (Å²) < 4.78 is 7.36. The number of likely N-dealkylation sites (tertiary alicyclic amines) is 1. The number of hydrogen-bond acceptors (Lipinski definition) is 4. The van der Waals surface area contributed by atoms with Crippen molar-refractivity contribution in [2.45, 2.75) is 51.7 Å². The van der Waals surface area contributed by atoms with Crippen molar-refractivity contribution in [3.8, 4) is 5.69 Å². The molecule has 1 saturated heterocycles. The Morgan fingerprint density at radius 2 is 1.85 bits per heavy atom. The minimum Gasteiger partial charge on any atom is -0.444 e. The molecular weight excluding hydrogens is 328 g/mol. The highest BCUT2D eigenvalue weighted by Gasteiger charge is 2.28. The summed E-state index contributed by atoms with van der Waals surface area (Å²) >= 11 is 0. The zero-order valence-corrected chi connectivity index (χ0v) is 15.8. The number of ether oxygens (including phenoxy) is 1. The molecule has 26 heavy (non-hydrogen) atoms. The third-order valence-electron chi connectivity index (χ3n) is 4.61. The Balaban J connectivity index is 1.60. The zero-order chi connectivity index (χ0) is 18.7. The highest BCUT2D eigenvalue weighted by Crippen LogP contribution is 2.28. The van der Waals surface area contributed by atoms with Gasteiger partial charge in [-0.15, -0.1) is 0 Å². The number of amides is 1. The van der Waals surface area contributed by atoms with Crippen molar-refractivity contribution >= 4 is 6.09 Å². The van der Waals surface area contributed by atoms with E-state index in [2.05, 4.69) is 6.07 Å². The van der Waals surface area contributed by atoms with Crippen LogP contribution in [0.1, 0.15) is 50.8 Å². The van der Waals surface area contributed by atoms with Gasteiger partial charge in [0.15, 0.2) is 0 Å². The zero-order valence-electron chi connectivity index (χ0n) is 15.8. The maximum atomic E-state index is 12.2. The second-order valence-corrected chi connectivity index (χ2v) is 7.80. The molecule has 2 N–H and O–H groups in total. The van der Waals surface area contributed by atoms with Crippen LogP contribution in [0.15, 0.2) is 36.5 Å². The first-order valence-corrected chi connectivity index (χ1v) is 9.18. The van der Waals surface area contributed by atoms with Crippen LogP contribution in [0.2, 0.25) is 0 Å². The van der Waals surface area contributed by atoms with Gasteiger partial charge < -0.3 is 15.4 Å². The summed E-state index contributed by atoms with van der Waals surface area (Å²) in [6.45, 7) is 7.63. The third-order valence-corrected chi connectivity index (χ3v) is 4.61. The molecule has 0 radical (unpaired) electrons. The Hall–Kier alpha value is -2.34. The summed E-state index contributed by atoms with van der Waals surface area (Å²) in [6.07, 6.45) is 3.58. The van der Waals surface area contributed by atoms with Crippen LogP contribution in [0, 0.1) is 0 Å². The number of nitrogens with two attached hydrogens (primary N) is 1. The second-order valence-electron chi connectivity index (χ2n) is 7.80. The van der Waals surface area contributed by atoms with E-state index in [-0.39, 0.29) is 6.09 Å². The summed E-state index contributed by atoms with van der Waals surface area (Å²) in [5, 5.41) is 4.74. The summed E-state index contributed by atoms with van der Waals surface area (Å²) in [5.41, 5.74) is 8.41. The molecule has 0 atom stereocenters. The van der Waals surface area contributed by atoms with E-state index in [0.29, 0.717) is 25.6 Å². The lowest BCUT2D eigenvalue weighted by Gasteiger charge is -2.32. The Kier molecular flexibility index (Phi) is 5.32. The average Bonchev–Trinajstić information content (AvgIpc) is 3.10. The number of aromatic nitrogens is 2. The quantitative estimate of drug-likeness (QED) is 0.914. The first-order valence-electron chi connectivity index (χ1n) is 9.18. The van der Waals surface area contributed by atoms with Gasteiger partial charge in [0.1, 0.15) is 5.60 Å². The molecule has 6 heteroatoms. The van der Waals surface area contributed by atoms with E-state index in [0.717, 1.165) is 29.8 Å². The Labute approximate surface area is 154 Å². The first-order chi connectivity index (χ1) is 12.4. The number of nitrogens with zero attached hydrogens (tertiary/aromatic N) is 3. The molecule has 0 aliphatic carbocycles. The van der Waals surface area contributed by atoms with Gasteiger partial charge in [-0.2, -0.15) is 5.10 Å². The molecule has 6 nitrogen and oxygen atoms in total. The molecule has 1 aliphatic heterocycles. The highest BCUT2D eigenvalue weighted by atomic mass is 16.6. The van der Waals surface area contributed by atoms with Gasteiger partial charge in [0, 0.05) is 31.7 Å². The van der Waals surface area contributed by atoms with Gasteiger partial charge in [-0.1, -0.05) is 12.1 Å². The molecule has 2 aromatic rings. The molecule has 2 heterocycles. The van der Waals surface area contributed by atoms with Crippen LogP contribution in [0.25, 0.3) is 5.69 Å². The lowest BCUT2D eigenvalue weighted by atomic mass is 9.94. The lowest BCUT2D eigenvalue weighted by molar-refractivity contribution is 0.0204. The molecule has 0 unspecified atom stereocenters. The molecule has 1 aliphatic rings. The van der Waals surface area contributed by atoms with Gasteiger partial charge in [-0.3, -0.25) is 0 Å². The van der Waals surface area contributed by atoms with Crippen LogP contribution in [-0.2, 0) is 11.3 Å². The minimum absolute atomic E-state index is 0.221. The van der Waals surface area contributed by atoms with Crippen molar-refractivity contribution in [2.24, 2.45) is 5.73 Å².